The van der Waals surface area contributed by atoms with E-state index in [9.17, 15) is 22.4 Å². The molecule has 1 aromatic heterocycles. The lowest BCUT2D eigenvalue weighted by atomic mass is 9.97. The van der Waals surface area contributed by atoms with Gasteiger partial charge in [0, 0.05) is 11.1 Å². The lowest BCUT2D eigenvalue weighted by Gasteiger charge is -2.16. The molecule has 0 amide bonds. The summed E-state index contributed by atoms with van der Waals surface area (Å²) in [5, 5.41) is 0. The van der Waals surface area contributed by atoms with Crippen LogP contribution in [0.3, 0.4) is 0 Å². The van der Waals surface area contributed by atoms with Crippen molar-refractivity contribution < 1.29 is 22.4 Å². The molecular formula is C19H11F4N3O. The third kappa shape index (κ3) is 2.83. The molecule has 136 valence electrons. The molecule has 27 heavy (non-hydrogen) atoms. The Kier molecular flexibility index (Phi) is 3.91. The minimum absolute atomic E-state index is 0.00641. The van der Waals surface area contributed by atoms with E-state index in [1.807, 2.05) is 0 Å². The number of alkyl halides is 3. The second kappa shape index (κ2) is 6.15. The first-order chi connectivity index (χ1) is 12.9. The second-order valence-corrected chi connectivity index (χ2v) is 5.93. The summed E-state index contributed by atoms with van der Waals surface area (Å²) in [6.45, 7) is -0.00641. The average Bonchev–Trinajstić information content (AvgIpc) is 2.98. The number of carbonyl (C=O) groups excluding carboxylic acids is 1. The van der Waals surface area contributed by atoms with Crippen LogP contribution in [-0.2, 0) is 12.7 Å². The maximum atomic E-state index is 14.4. The molecule has 8 heteroatoms. The third-order valence-electron chi connectivity index (χ3n) is 4.31. The molecule has 3 aromatic rings. The van der Waals surface area contributed by atoms with Crippen molar-refractivity contribution in [2.24, 2.45) is 4.99 Å². The first-order valence-electron chi connectivity index (χ1n) is 7.93. The molecule has 0 radical (unpaired) electrons. The largest absolute Gasteiger partial charge is 0.416 e. The van der Waals surface area contributed by atoms with Crippen LogP contribution in [0.5, 0.6) is 0 Å². The van der Waals surface area contributed by atoms with E-state index in [0.29, 0.717) is 12.1 Å². The number of fused-ring (bicyclic) bond motifs is 3. The highest BCUT2D eigenvalue weighted by atomic mass is 19.4. The van der Waals surface area contributed by atoms with Gasteiger partial charge in [0.05, 0.1) is 29.7 Å². The number of aliphatic imine (C=N–C) groups is 1. The summed E-state index contributed by atoms with van der Waals surface area (Å²) in [5.41, 5.74) is -0.183. The van der Waals surface area contributed by atoms with Crippen LogP contribution in [0.1, 0.15) is 33.0 Å². The second-order valence-electron chi connectivity index (χ2n) is 5.93. The molecule has 0 aliphatic carbocycles. The molecule has 0 atom stereocenters. The van der Waals surface area contributed by atoms with E-state index in [1.165, 1.54) is 35.0 Å². The Morgan fingerprint density at radius 1 is 1.07 bits per heavy atom. The van der Waals surface area contributed by atoms with Crippen LogP contribution < -0.4 is 0 Å². The number of hydrogen-bond donors (Lipinski definition) is 0. The molecule has 0 bridgehead atoms. The van der Waals surface area contributed by atoms with Crippen molar-refractivity contribution >= 4 is 12.0 Å². The highest BCUT2D eigenvalue weighted by Crippen LogP contribution is 2.34. The monoisotopic (exact) mass is 373 g/mol. The molecule has 0 unspecified atom stereocenters. The van der Waals surface area contributed by atoms with Crippen molar-refractivity contribution in [2.45, 2.75) is 12.7 Å². The Bertz CT molecular complexity index is 1080. The quantitative estimate of drug-likeness (QED) is 0.499. The minimum Gasteiger partial charge on any atom is -0.296 e. The Hall–Kier alpha value is -3.29. The van der Waals surface area contributed by atoms with Crippen LogP contribution in [0.15, 0.2) is 53.7 Å². The average molecular weight is 373 g/mol. The van der Waals surface area contributed by atoms with E-state index >= 15 is 0 Å². The number of imidazole rings is 1. The topological polar surface area (TPSA) is 47.2 Å². The number of nitrogens with zero attached hydrogens (tertiary/aromatic N) is 3. The van der Waals surface area contributed by atoms with Gasteiger partial charge in [-0.1, -0.05) is 12.1 Å². The van der Waals surface area contributed by atoms with Gasteiger partial charge in [-0.15, -0.1) is 0 Å². The van der Waals surface area contributed by atoms with Crippen LogP contribution in [0.4, 0.5) is 17.6 Å². The summed E-state index contributed by atoms with van der Waals surface area (Å²) < 4.78 is 55.6. The summed E-state index contributed by atoms with van der Waals surface area (Å²) in [4.78, 5) is 19.8. The van der Waals surface area contributed by atoms with E-state index in [2.05, 4.69) is 9.98 Å². The maximum absolute atomic E-state index is 14.4. The minimum atomic E-state index is -4.58. The highest BCUT2D eigenvalue weighted by Gasteiger charge is 2.33. The van der Waals surface area contributed by atoms with Crippen LogP contribution in [0.25, 0.3) is 5.69 Å². The van der Waals surface area contributed by atoms with Gasteiger partial charge in [-0.05, 0) is 30.3 Å². The molecule has 1 aliphatic heterocycles. The van der Waals surface area contributed by atoms with Gasteiger partial charge < -0.3 is 0 Å². The highest BCUT2D eigenvalue weighted by molar-refractivity contribution is 6.15. The van der Waals surface area contributed by atoms with Gasteiger partial charge in [-0.25, -0.2) is 9.37 Å². The van der Waals surface area contributed by atoms with Gasteiger partial charge in [0.2, 0.25) is 0 Å². The zero-order valence-corrected chi connectivity index (χ0v) is 13.7. The van der Waals surface area contributed by atoms with Crippen molar-refractivity contribution in [3.05, 3.63) is 82.7 Å². The number of aldehydes is 1. The molecule has 2 heterocycles. The number of benzene rings is 2. The molecule has 0 fully saturated rings. The molecule has 0 spiro atoms. The lowest BCUT2D eigenvalue weighted by Crippen LogP contribution is -2.13. The number of carbonyl (C=O) groups is 1. The standard InChI is InChI=1S/C19H11F4N3O/c20-15-4-2-1-3-13(15)18-14-7-11(19(21,22)23)5-6-16(14)26-12(10-27)8-24-17(26)9-25-18/h1-8,10H,9H2. The maximum Gasteiger partial charge on any atom is 0.416 e. The Balaban J connectivity index is 2.04. The van der Waals surface area contributed by atoms with Gasteiger partial charge >= 0.3 is 6.18 Å². The summed E-state index contributed by atoms with van der Waals surface area (Å²) in [6, 6.07) is 8.81. The zero-order chi connectivity index (χ0) is 19.2. The molecule has 0 saturated heterocycles. The van der Waals surface area contributed by atoms with E-state index < -0.39 is 17.6 Å². The molecule has 2 aromatic carbocycles. The van der Waals surface area contributed by atoms with Crippen LogP contribution >= 0.6 is 0 Å². The summed E-state index contributed by atoms with van der Waals surface area (Å²) in [6.07, 6.45) is -2.69. The zero-order valence-electron chi connectivity index (χ0n) is 13.7. The van der Waals surface area contributed by atoms with Gasteiger partial charge in [-0.2, -0.15) is 13.2 Å². The Morgan fingerprint density at radius 2 is 1.85 bits per heavy atom. The summed E-state index contributed by atoms with van der Waals surface area (Å²) >= 11 is 0. The molecule has 4 nitrogen and oxygen atoms in total. The molecule has 1 aliphatic rings. The Morgan fingerprint density at radius 3 is 2.56 bits per heavy atom. The van der Waals surface area contributed by atoms with Gasteiger partial charge in [0.15, 0.2) is 6.29 Å². The first kappa shape index (κ1) is 17.1. The summed E-state index contributed by atoms with van der Waals surface area (Å²) in [7, 11) is 0. The Labute approximate surface area is 150 Å². The normalized spacial score (nSPS) is 13.4. The van der Waals surface area contributed by atoms with Gasteiger partial charge in [0.25, 0.3) is 0 Å². The van der Waals surface area contributed by atoms with Crippen molar-refractivity contribution in [1.29, 1.82) is 0 Å². The van der Waals surface area contributed by atoms with Crippen LogP contribution in [0.2, 0.25) is 0 Å². The van der Waals surface area contributed by atoms with Gasteiger partial charge in [-0.3, -0.25) is 14.4 Å². The van der Waals surface area contributed by atoms with E-state index in [0.717, 1.165) is 12.1 Å². The van der Waals surface area contributed by atoms with Crippen molar-refractivity contribution in [3.63, 3.8) is 0 Å². The van der Waals surface area contributed by atoms with E-state index in [4.69, 9.17) is 0 Å². The van der Waals surface area contributed by atoms with E-state index in [1.54, 1.807) is 6.07 Å². The van der Waals surface area contributed by atoms with Gasteiger partial charge in [0.1, 0.15) is 17.3 Å². The molecule has 4 rings (SSSR count). The number of hydrogen-bond acceptors (Lipinski definition) is 3. The van der Waals surface area contributed by atoms with Crippen LogP contribution in [0, 0.1) is 5.82 Å². The number of aromatic nitrogens is 2. The SMILES string of the molecule is O=Cc1cnc2n1-c1ccc(C(F)(F)F)cc1C(c1ccccc1F)=NC2. The summed E-state index contributed by atoms with van der Waals surface area (Å²) in [5.74, 6) is -0.223. The smallest absolute Gasteiger partial charge is 0.296 e. The third-order valence-corrected chi connectivity index (χ3v) is 4.31. The lowest BCUT2D eigenvalue weighted by molar-refractivity contribution is -0.137. The molecule has 0 saturated carbocycles. The first-order valence-corrected chi connectivity index (χ1v) is 7.93. The number of rotatable bonds is 2. The van der Waals surface area contributed by atoms with Crippen molar-refractivity contribution in [2.75, 3.05) is 0 Å². The van der Waals surface area contributed by atoms with E-state index in [-0.39, 0.29) is 34.8 Å². The molecule has 0 N–H and O–H groups in total. The predicted octanol–water partition coefficient (Wildman–Crippen LogP) is 4.19. The predicted molar refractivity (Wildman–Crippen MR) is 89.7 cm³/mol. The molecular weight excluding hydrogens is 362 g/mol. The van der Waals surface area contributed by atoms with Crippen molar-refractivity contribution in [3.8, 4) is 5.69 Å². The fourth-order valence-electron chi connectivity index (χ4n) is 3.09. The van der Waals surface area contributed by atoms with Crippen LogP contribution in [-0.4, -0.2) is 21.5 Å². The number of halogens is 4. The fourth-order valence-corrected chi connectivity index (χ4v) is 3.09. The van der Waals surface area contributed by atoms with Crippen molar-refractivity contribution in [1.82, 2.24) is 9.55 Å². The fraction of sp³-hybridized carbons (Fsp3) is 0.105.